The molecule has 0 radical (unpaired) electrons. The Kier molecular flexibility index (Phi) is 6.79. The van der Waals surface area contributed by atoms with Crippen LogP contribution in [0.4, 0.5) is 11.6 Å². The van der Waals surface area contributed by atoms with Gasteiger partial charge in [-0.1, -0.05) is 37.3 Å². The molecule has 2 aliphatic heterocycles. The summed E-state index contributed by atoms with van der Waals surface area (Å²) in [6.45, 7) is 7.90. The number of piperazine rings is 1. The number of hydrogen-bond acceptors (Lipinski definition) is 6. The maximum Gasteiger partial charge on any atom is 0.248 e. The van der Waals surface area contributed by atoms with Gasteiger partial charge in [0.05, 0.1) is 6.61 Å². The van der Waals surface area contributed by atoms with Crippen LogP contribution < -0.4 is 9.80 Å². The van der Waals surface area contributed by atoms with Crippen molar-refractivity contribution in [2.45, 2.75) is 26.4 Å². The molecule has 2 aromatic rings. The minimum atomic E-state index is 0.0475. The molecule has 7 nitrogen and oxygen atoms in total. The van der Waals surface area contributed by atoms with Crippen LogP contribution in [0.2, 0.25) is 0 Å². The van der Waals surface area contributed by atoms with Gasteiger partial charge in [-0.15, -0.1) is 10.2 Å². The number of hydrogen-bond donors (Lipinski definition) is 0. The average molecular weight is 410 g/mol. The fourth-order valence-corrected chi connectivity index (χ4v) is 4.00. The molecule has 160 valence electrons. The number of rotatable bonds is 6. The van der Waals surface area contributed by atoms with Crippen molar-refractivity contribution in [2.75, 3.05) is 55.7 Å². The lowest BCUT2D eigenvalue weighted by Crippen LogP contribution is -2.50. The molecule has 1 amide bonds. The molecule has 2 fully saturated rings. The molecular formula is C23H31N5O2. The molecule has 0 bridgehead atoms. The quantitative estimate of drug-likeness (QED) is 0.731. The molecule has 0 aliphatic carbocycles. The Labute approximate surface area is 178 Å². The van der Waals surface area contributed by atoms with Crippen molar-refractivity contribution < 1.29 is 9.53 Å². The normalized spacial score (nSPS) is 18.0. The summed E-state index contributed by atoms with van der Waals surface area (Å²) in [6.07, 6.45) is 2.43. The Morgan fingerprint density at radius 1 is 0.900 bits per heavy atom. The number of aromatic nitrogens is 2. The number of piperidine rings is 1. The first-order chi connectivity index (χ1) is 14.7. The van der Waals surface area contributed by atoms with Crippen molar-refractivity contribution in [1.82, 2.24) is 15.1 Å². The highest BCUT2D eigenvalue weighted by Gasteiger charge is 2.23. The molecule has 1 aromatic carbocycles. The lowest BCUT2D eigenvalue weighted by atomic mass is 9.99. The summed E-state index contributed by atoms with van der Waals surface area (Å²) in [5, 5.41) is 8.92. The summed E-state index contributed by atoms with van der Waals surface area (Å²) in [5.74, 6) is 2.70. The molecule has 0 spiro atoms. The summed E-state index contributed by atoms with van der Waals surface area (Å²) in [4.78, 5) is 18.8. The number of amides is 1. The van der Waals surface area contributed by atoms with Crippen LogP contribution in [-0.4, -0.2) is 66.9 Å². The van der Waals surface area contributed by atoms with Gasteiger partial charge in [0, 0.05) is 39.3 Å². The molecule has 2 saturated heterocycles. The number of nitrogens with zero attached hydrogens (tertiary/aromatic N) is 5. The third-order valence-corrected chi connectivity index (χ3v) is 6.04. The molecule has 0 N–H and O–H groups in total. The van der Waals surface area contributed by atoms with E-state index in [0.29, 0.717) is 19.7 Å². The molecule has 0 unspecified atom stereocenters. The van der Waals surface area contributed by atoms with Gasteiger partial charge >= 0.3 is 0 Å². The first-order valence-corrected chi connectivity index (χ1v) is 10.9. The number of carbonyl (C=O) groups is 1. The fraction of sp³-hybridized carbons (Fsp3) is 0.522. The van der Waals surface area contributed by atoms with Crippen molar-refractivity contribution in [3.63, 3.8) is 0 Å². The SMILES string of the molecule is CC1CCN(c2ccc(N3CCN(C(=O)COCc4ccccc4)CC3)nn2)CC1. The van der Waals surface area contributed by atoms with Crippen LogP contribution in [0.1, 0.15) is 25.3 Å². The van der Waals surface area contributed by atoms with Crippen molar-refractivity contribution in [1.29, 1.82) is 0 Å². The second-order valence-corrected chi connectivity index (χ2v) is 8.27. The zero-order valence-electron chi connectivity index (χ0n) is 17.7. The van der Waals surface area contributed by atoms with Gasteiger partial charge in [-0.3, -0.25) is 4.79 Å². The minimum absolute atomic E-state index is 0.0475. The Hall–Kier alpha value is -2.67. The maximum atomic E-state index is 12.4. The van der Waals surface area contributed by atoms with Gasteiger partial charge in [0.1, 0.15) is 6.61 Å². The van der Waals surface area contributed by atoms with E-state index in [1.807, 2.05) is 35.2 Å². The highest BCUT2D eigenvalue weighted by atomic mass is 16.5. The van der Waals surface area contributed by atoms with Crippen molar-refractivity contribution in [3.8, 4) is 0 Å². The fourth-order valence-electron chi connectivity index (χ4n) is 4.00. The van der Waals surface area contributed by atoms with E-state index in [0.717, 1.165) is 49.3 Å². The van der Waals surface area contributed by atoms with Gasteiger partial charge in [-0.2, -0.15) is 0 Å². The van der Waals surface area contributed by atoms with Crippen LogP contribution in [0.15, 0.2) is 42.5 Å². The molecule has 3 heterocycles. The van der Waals surface area contributed by atoms with Crippen molar-refractivity contribution in [3.05, 3.63) is 48.0 Å². The van der Waals surface area contributed by atoms with E-state index in [-0.39, 0.29) is 12.5 Å². The first kappa shape index (κ1) is 20.6. The van der Waals surface area contributed by atoms with E-state index in [1.54, 1.807) is 0 Å². The van der Waals surface area contributed by atoms with Gasteiger partial charge in [-0.25, -0.2) is 0 Å². The van der Waals surface area contributed by atoms with E-state index < -0.39 is 0 Å². The topological polar surface area (TPSA) is 61.8 Å². The average Bonchev–Trinajstić information content (AvgIpc) is 2.80. The van der Waals surface area contributed by atoms with E-state index in [4.69, 9.17) is 4.74 Å². The Bertz CT molecular complexity index is 798. The summed E-state index contributed by atoms with van der Waals surface area (Å²) < 4.78 is 5.59. The molecule has 4 rings (SSSR count). The summed E-state index contributed by atoms with van der Waals surface area (Å²) in [7, 11) is 0. The van der Waals surface area contributed by atoms with Crippen LogP contribution in [0.5, 0.6) is 0 Å². The van der Waals surface area contributed by atoms with Gasteiger partial charge in [0.25, 0.3) is 0 Å². The molecule has 0 saturated carbocycles. The van der Waals surface area contributed by atoms with Crippen molar-refractivity contribution in [2.24, 2.45) is 5.92 Å². The number of benzene rings is 1. The molecule has 2 aliphatic rings. The van der Waals surface area contributed by atoms with Gasteiger partial charge < -0.3 is 19.4 Å². The Morgan fingerprint density at radius 2 is 1.50 bits per heavy atom. The molecular weight excluding hydrogens is 378 g/mol. The highest BCUT2D eigenvalue weighted by molar-refractivity contribution is 5.77. The lowest BCUT2D eigenvalue weighted by molar-refractivity contribution is -0.136. The standard InChI is InChI=1S/C23H31N5O2/c1-19-9-11-26(12-10-19)21-7-8-22(25-24-21)27-13-15-28(16-14-27)23(29)18-30-17-20-5-3-2-4-6-20/h2-8,19H,9-18H2,1H3. The number of anilines is 2. The number of ether oxygens (including phenoxy) is 1. The molecule has 1 aromatic heterocycles. The summed E-state index contributed by atoms with van der Waals surface area (Å²) in [5.41, 5.74) is 1.08. The van der Waals surface area contributed by atoms with E-state index in [9.17, 15) is 4.79 Å². The van der Waals surface area contributed by atoms with Gasteiger partial charge in [0.15, 0.2) is 11.6 Å². The molecule has 0 atom stereocenters. The van der Waals surface area contributed by atoms with Crippen molar-refractivity contribution >= 4 is 17.5 Å². The van der Waals surface area contributed by atoms with E-state index >= 15 is 0 Å². The summed E-state index contributed by atoms with van der Waals surface area (Å²) in [6, 6.07) is 14.1. The predicted molar refractivity (Wildman–Crippen MR) is 118 cm³/mol. The van der Waals surface area contributed by atoms with Crippen LogP contribution >= 0.6 is 0 Å². The summed E-state index contributed by atoms with van der Waals surface area (Å²) >= 11 is 0. The third kappa shape index (κ3) is 5.27. The van der Waals surface area contributed by atoms with Gasteiger partial charge in [-0.05, 0) is 36.5 Å². The second-order valence-electron chi connectivity index (χ2n) is 8.27. The van der Waals surface area contributed by atoms with Crippen LogP contribution in [0.25, 0.3) is 0 Å². The lowest BCUT2D eigenvalue weighted by Gasteiger charge is -2.35. The Balaban J connectivity index is 1.21. The molecule has 30 heavy (non-hydrogen) atoms. The van der Waals surface area contributed by atoms with Crippen LogP contribution in [0.3, 0.4) is 0 Å². The molecule has 7 heteroatoms. The first-order valence-electron chi connectivity index (χ1n) is 10.9. The van der Waals surface area contributed by atoms with Gasteiger partial charge in [0.2, 0.25) is 5.91 Å². The van der Waals surface area contributed by atoms with E-state index in [2.05, 4.69) is 39.1 Å². The second kappa shape index (κ2) is 9.89. The zero-order valence-corrected chi connectivity index (χ0v) is 17.7. The smallest absolute Gasteiger partial charge is 0.248 e. The van der Waals surface area contributed by atoms with Crippen LogP contribution in [-0.2, 0) is 16.1 Å². The highest BCUT2D eigenvalue weighted by Crippen LogP contribution is 2.22. The number of carbonyl (C=O) groups excluding carboxylic acids is 1. The third-order valence-electron chi connectivity index (χ3n) is 6.04. The zero-order chi connectivity index (χ0) is 20.8. The Morgan fingerprint density at radius 3 is 2.10 bits per heavy atom. The largest absolute Gasteiger partial charge is 0.367 e. The minimum Gasteiger partial charge on any atom is -0.367 e. The van der Waals surface area contributed by atoms with Crippen LogP contribution in [0, 0.1) is 5.92 Å². The monoisotopic (exact) mass is 409 g/mol. The predicted octanol–water partition coefficient (Wildman–Crippen LogP) is 2.58. The maximum absolute atomic E-state index is 12.4. The van der Waals surface area contributed by atoms with E-state index in [1.165, 1.54) is 12.8 Å².